The van der Waals surface area contributed by atoms with Crippen LogP contribution in [0.15, 0.2) is 48.5 Å². The van der Waals surface area contributed by atoms with Gasteiger partial charge in [-0.3, -0.25) is 52.7 Å². The number of nitrogens with one attached hydrogen (secondary N) is 6. The number of aromatic carboxylic acids is 2. The van der Waals surface area contributed by atoms with Crippen molar-refractivity contribution in [1.29, 1.82) is 0 Å². The highest BCUT2D eigenvalue weighted by molar-refractivity contribution is 5.89. The molecule has 0 aliphatic carbocycles. The average molecular weight is 1660 g/mol. The molecule has 0 aliphatic heterocycles. The third kappa shape index (κ3) is 58.6. The van der Waals surface area contributed by atoms with E-state index in [9.17, 15) is 82.4 Å². The van der Waals surface area contributed by atoms with Gasteiger partial charge in [0.1, 0.15) is 61.3 Å². The molecule has 0 heterocycles. The van der Waals surface area contributed by atoms with Gasteiger partial charge in [-0.2, -0.15) is 0 Å². The predicted octanol–water partition coefficient (Wildman–Crippen LogP) is 6.29. The Labute approximate surface area is 685 Å². The fraction of sp³-hybridized carbons (Fsp3) is 0.683. The molecule has 0 spiro atoms. The standard InChI is InChI=1S/C82H128N6O29/c1-83-70(22-11-13-39-85-76(96)58-113-53-49-109-43-17-21-67(91)57-112-52-50-110-46-40-86-73(93)37-29-64(81(104)105)56-66(90)19-8-4-2-6-14-44-116-68-31-24-62(25-32-68)79(100)101)72(92)36-28-61(78(98)99)18-10-12-38-84-75(95)59-115-55-51-111-47-41-87-77(97)60-114-54-48-108-42-16-20-65(89)30-35-71(82(106)107)88-74(94)23-9-5-3-7-15-45-117-69-33-26-63(27-34-69)80(102)103/h24-27,31-34,61,64,70-71,83H,2-23,28-30,35-60H2,1H3,(H,84,95)(H,85,96)(H,86,93)(H,87,97)(H,88,94)(H,98,99)(H,100,101)(H,102,103)(H,104,105)(H,106,107)/t61-,64-,70+,71+/m1/s1. The summed E-state index contributed by atoms with van der Waals surface area (Å²) in [6.45, 7) is 3.63. The second kappa shape index (κ2) is 69.1. The molecule has 2 aromatic rings. The lowest BCUT2D eigenvalue weighted by atomic mass is 9.93. The molecule has 660 valence electrons. The van der Waals surface area contributed by atoms with Crippen LogP contribution in [-0.2, 0) is 95.4 Å². The molecule has 0 unspecified atom stereocenters. The van der Waals surface area contributed by atoms with Gasteiger partial charge in [0.25, 0.3) is 0 Å². The van der Waals surface area contributed by atoms with Gasteiger partial charge >= 0.3 is 29.8 Å². The monoisotopic (exact) mass is 1660 g/mol. The van der Waals surface area contributed by atoms with Crippen LogP contribution >= 0.6 is 0 Å². The average Bonchev–Trinajstić information content (AvgIpc) is 0.920. The summed E-state index contributed by atoms with van der Waals surface area (Å²) in [4.78, 5) is 169. The lowest BCUT2D eigenvalue weighted by molar-refractivity contribution is -0.144. The first-order valence-corrected chi connectivity index (χ1v) is 40.8. The van der Waals surface area contributed by atoms with Crippen LogP contribution in [0.2, 0.25) is 0 Å². The molecular formula is C82H128N6O29. The smallest absolute Gasteiger partial charge is 0.335 e. The Morgan fingerprint density at radius 3 is 1.19 bits per heavy atom. The molecule has 0 saturated carbocycles. The van der Waals surface area contributed by atoms with Crippen molar-refractivity contribution in [2.75, 3.05) is 152 Å². The van der Waals surface area contributed by atoms with Crippen LogP contribution in [0.1, 0.15) is 207 Å². The number of likely N-dealkylation sites (N-methyl/N-ethyl adjacent to an activating group) is 1. The van der Waals surface area contributed by atoms with Gasteiger partial charge in [0.15, 0.2) is 5.78 Å². The van der Waals surface area contributed by atoms with Gasteiger partial charge in [-0.25, -0.2) is 14.4 Å². The van der Waals surface area contributed by atoms with Crippen molar-refractivity contribution in [1.82, 2.24) is 31.9 Å². The number of carboxylic acids is 5. The first kappa shape index (κ1) is 104. The summed E-state index contributed by atoms with van der Waals surface area (Å²) in [6.07, 6.45) is 12.7. The summed E-state index contributed by atoms with van der Waals surface area (Å²) in [7, 11) is 1.67. The summed E-state index contributed by atoms with van der Waals surface area (Å²) >= 11 is 0. The Bertz CT molecular complexity index is 3180. The zero-order valence-electron chi connectivity index (χ0n) is 68.0. The Balaban J connectivity index is 1.34. The number of hydrogen-bond acceptors (Lipinski definition) is 25. The van der Waals surface area contributed by atoms with Crippen LogP contribution in [0.5, 0.6) is 11.5 Å². The van der Waals surface area contributed by atoms with E-state index in [1.54, 1.807) is 31.3 Å². The number of rotatable bonds is 81. The van der Waals surface area contributed by atoms with E-state index in [1.807, 2.05) is 0 Å². The van der Waals surface area contributed by atoms with Crippen LogP contribution in [0.3, 0.4) is 0 Å². The maximum Gasteiger partial charge on any atom is 0.335 e. The van der Waals surface area contributed by atoms with Gasteiger partial charge < -0.3 is 105 Å². The molecule has 0 bridgehead atoms. The number of ketones is 4. The van der Waals surface area contributed by atoms with E-state index in [0.717, 1.165) is 51.4 Å². The molecule has 0 aliphatic rings. The first-order chi connectivity index (χ1) is 56.5. The Hall–Kier alpha value is -8.94. The number of hydrogen-bond donors (Lipinski definition) is 11. The SMILES string of the molecule is CN[C@@H](CCCCNC(=O)COCCOCCCC(=O)COCCOCCNC(=O)CC[C@H](CC(=O)CCCCCCCOc1ccc(C(=O)O)cc1)C(=O)O)C(=O)CC[C@@H](CCCCNC(=O)COCCOCCNC(=O)COCCOCCCC(=O)CC[C@H](NC(=O)CCCCCCCOc1ccc(C(=O)O)cc1)C(=O)O)C(=O)O. The maximum absolute atomic E-state index is 13.0. The minimum Gasteiger partial charge on any atom is -0.494 e. The van der Waals surface area contributed by atoms with Gasteiger partial charge in [-0.1, -0.05) is 44.9 Å². The third-order valence-electron chi connectivity index (χ3n) is 18.2. The van der Waals surface area contributed by atoms with Crippen LogP contribution in [-0.4, -0.2) is 272 Å². The number of unbranched alkanes of at least 4 members (excludes halogenated alkanes) is 10. The van der Waals surface area contributed by atoms with E-state index in [0.29, 0.717) is 109 Å². The maximum atomic E-state index is 13.0. The van der Waals surface area contributed by atoms with Crippen LogP contribution in [0.4, 0.5) is 0 Å². The van der Waals surface area contributed by atoms with Crippen molar-refractivity contribution in [3.05, 3.63) is 59.7 Å². The van der Waals surface area contributed by atoms with Crippen LogP contribution in [0.25, 0.3) is 0 Å². The molecule has 35 heteroatoms. The number of carboxylic acid groups (broad SMARTS) is 5. The minimum atomic E-state index is -1.21. The van der Waals surface area contributed by atoms with Crippen molar-refractivity contribution in [3.8, 4) is 11.5 Å². The van der Waals surface area contributed by atoms with Crippen molar-refractivity contribution in [2.45, 2.75) is 198 Å². The van der Waals surface area contributed by atoms with E-state index in [4.69, 9.17) is 57.6 Å². The molecule has 11 N–H and O–H groups in total. The van der Waals surface area contributed by atoms with Crippen molar-refractivity contribution < 1.29 is 140 Å². The molecule has 117 heavy (non-hydrogen) atoms. The van der Waals surface area contributed by atoms with Crippen molar-refractivity contribution in [2.24, 2.45) is 11.8 Å². The summed E-state index contributed by atoms with van der Waals surface area (Å²) in [5, 5.41) is 63.4. The second-order valence-corrected chi connectivity index (χ2v) is 27.9. The zero-order valence-corrected chi connectivity index (χ0v) is 68.0. The molecule has 0 saturated heterocycles. The summed E-state index contributed by atoms with van der Waals surface area (Å²) in [5.41, 5.74) is 0.367. The van der Waals surface area contributed by atoms with Gasteiger partial charge in [0, 0.05) is 90.8 Å². The fourth-order valence-electron chi connectivity index (χ4n) is 11.5. The van der Waals surface area contributed by atoms with Crippen molar-refractivity contribution >= 4 is 82.5 Å². The second-order valence-electron chi connectivity index (χ2n) is 27.9. The number of Topliss-reactive ketones (excluding diaryl/α,β-unsaturated/α-hetero) is 4. The predicted molar refractivity (Wildman–Crippen MR) is 425 cm³/mol. The Morgan fingerprint density at radius 1 is 0.299 bits per heavy atom. The Morgan fingerprint density at radius 2 is 0.709 bits per heavy atom. The van der Waals surface area contributed by atoms with Crippen LogP contribution < -0.4 is 41.4 Å². The van der Waals surface area contributed by atoms with Crippen LogP contribution in [0, 0.1) is 11.8 Å². The number of benzene rings is 2. The highest BCUT2D eigenvalue weighted by atomic mass is 16.5. The highest BCUT2D eigenvalue weighted by Crippen LogP contribution is 2.20. The van der Waals surface area contributed by atoms with Gasteiger partial charge in [0.05, 0.1) is 108 Å². The number of amides is 5. The third-order valence-corrected chi connectivity index (χ3v) is 18.2. The van der Waals surface area contributed by atoms with E-state index in [2.05, 4.69) is 31.9 Å². The molecule has 0 radical (unpaired) electrons. The fourth-order valence-corrected chi connectivity index (χ4v) is 11.5. The number of carbonyl (C=O) groups is 14. The Kier molecular flexibility index (Phi) is 61.5. The molecule has 5 amide bonds. The van der Waals surface area contributed by atoms with Gasteiger partial charge in [-0.15, -0.1) is 0 Å². The summed E-state index contributed by atoms with van der Waals surface area (Å²) < 4.78 is 54.5. The molecule has 2 aromatic carbocycles. The van der Waals surface area contributed by atoms with Crippen molar-refractivity contribution in [3.63, 3.8) is 0 Å². The number of ether oxygens (including phenoxy) is 10. The largest absolute Gasteiger partial charge is 0.494 e. The molecule has 0 fully saturated rings. The van der Waals surface area contributed by atoms with E-state index < -0.39 is 59.7 Å². The lowest BCUT2D eigenvalue weighted by Gasteiger charge is -2.17. The van der Waals surface area contributed by atoms with E-state index >= 15 is 0 Å². The molecule has 2 rings (SSSR count). The lowest BCUT2D eigenvalue weighted by Crippen LogP contribution is -2.41. The molecular weight excluding hydrogens is 1530 g/mol. The highest BCUT2D eigenvalue weighted by Gasteiger charge is 2.25. The van der Waals surface area contributed by atoms with Gasteiger partial charge in [0.2, 0.25) is 29.5 Å². The molecule has 4 atom stereocenters. The first-order valence-electron chi connectivity index (χ1n) is 40.8. The van der Waals surface area contributed by atoms with E-state index in [1.165, 1.54) is 24.3 Å². The topological polar surface area (TPSA) is 505 Å². The summed E-state index contributed by atoms with van der Waals surface area (Å²) in [5.74, 6) is -8.17. The summed E-state index contributed by atoms with van der Waals surface area (Å²) in [6, 6.07) is 10.7. The normalized spacial score (nSPS) is 12.1. The van der Waals surface area contributed by atoms with E-state index in [-0.39, 0.29) is 241 Å². The molecule has 0 aromatic heterocycles. The molecule has 35 nitrogen and oxygen atoms in total. The quantitative estimate of drug-likeness (QED) is 0.0324. The number of carbonyl (C=O) groups excluding carboxylic acids is 9. The minimum absolute atomic E-state index is 0.0153. The number of aliphatic carboxylic acids is 3. The zero-order chi connectivity index (χ0) is 85.7. The van der Waals surface area contributed by atoms with Gasteiger partial charge in [-0.05, 0) is 145 Å².